The lowest BCUT2D eigenvalue weighted by Gasteiger charge is -2.32. The summed E-state index contributed by atoms with van der Waals surface area (Å²) < 4.78 is 0. The third-order valence-corrected chi connectivity index (χ3v) is 4.63. The van der Waals surface area contributed by atoms with Crippen molar-refractivity contribution in [1.82, 2.24) is 10.2 Å². The summed E-state index contributed by atoms with van der Waals surface area (Å²) in [7, 11) is 1.69. The Bertz CT molecular complexity index is 503. The standard InChI is InChI=1S/C16H24ClN3O/c1-11(18)14(12-4-6-13(17)7-5-12)20-9-8-16(2,10-20)15(21)19-3/h4-7,11,14H,8-10,18H2,1-3H3,(H,19,21). The van der Waals surface area contributed by atoms with E-state index in [1.54, 1.807) is 7.05 Å². The molecule has 1 aliphatic rings. The molecule has 0 bridgehead atoms. The number of carbonyl (C=O) groups excluding carboxylic acids is 1. The zero-order valence-corrected chi connectivity index (χ0v) is 13.7. The summed E-state index contributed by atoms with van der Waals surface area (Å²) in [5, 5.41) is 3.49. The Hall–Kier alpha value is -1.10. The minimum Gasteiger partial charge on any atom is -0.359 e. The van der Waals surface area contributed by atoms with Crippen LogP contribution in [0.3, 0.4) is 0 Å². The van der Waals surface area contributed by atoms with Gasteiger partial charge in [-0.25, -0.2) is 0 Å². The number of rotatable bonds is 4. The van der Waals surface area contributed by atoms with Gasteiger partial charge >= 0.3 is 0 Å². The van der Waals surface area contributed by atoms with E-state index in [0.717, 1.165) is 30.1 Å². The molecule has 0 radical (unpaired) electrons. The fourth-order valence-corrected chi connectivity index (χ4v) is 3.35. The lowest BCUT2D eigenvalue weighted by molar-refractivity contribution is -0.129. The molecule has 1 fully saturated rings. The first-order valence-electron chi connectivity index (χ1n) is 7.34. The Morgan fingerprint density at radius 2 is 2.05 bits per heavy atom. The normalized spacial score (nSPS) is 25.6. The van der Waals surface area contributed by atoms with Crippen molar-refractivity contribution in [2.45, 2.75) is 32.4 Å². The van der Waals surface area contributed by atoms with Crippen LogP contribution in [0.4, 0.5) is 0 Å². The molecule has 0 aromatic heterocycles. The van der Waals surface area contributed by atoms with Crippen LogP contribution >= 0.6 is 11.6 Å². The van der Waals surface area contributed by atoms with Crippen LogP contribution in [0.15, 0.2) is 24.3 Å². The fraction of sp³-hybridized carbons (Fsp3) is 0.562. The van der Waals surface area contributed by atoms with Gasteiger partial charge in [-0.3, -0.25) is 9.69 Å². The largest absolute Gasteiger partial charge is 0.359 e. The quantitative estimate of drug-likeness (QED) is 0.896. The van der Waals surface area contributed by atoms with Crippen molar-refractivity contribution in [3.8, 4) is 0 Å². The molecule has 1 amide bonds. The molecule has 21 heavy (non-hydrogen) atoms. The summed E-state index contributed by atoms with van der Waals surface area (Å²) in [6, 6.07) is 7.91. The first-order valence-corrected chi connectivity index (χ1v) is 7.72. The molecular formula is C16H24ClN3O. The maximum absolute atomic E-state index is 12.1. The molecule has 1 aromatic rings. The Balaban J connectivity index is 2.21. The summed E-state index contributed by atoms with van der Waals surface area (Å²) in [6.45, 7) is 5.63. The van der Waals surface area contributed by atoms with Crippen molar-refractivity contribution >= 4 is 17.5 Å². The van der Waals surface area contributed by atoms with Gasteiger partial charge in [0.2, 0.25) is 5.91 Å². The van der Waals surface area contributed by atoms with E-state index in [1.165, 1.54) is 0 Å². The van der Waals surface area contributed by atoms with Crippen LogP contribution in [0.1, 0.15) is 31.9 Å². The summed E-state index contributed by atoms with van der Waals surface area (Å²) in [5.74, 6) is 0.101. The van der Waals surface area contributed by atoms with Gasteiger partial charge in [0.1, 0.15) is 0 Å². The van der Waals surface area contributed by atoms with Crippen molar-refractivity contribution < 1.29 is 4.79 Å². The number of nitrogens with two attached hydrogens (primary N) is 1. The summed E-state index contributed by atoms with van der Waals surface area (Å²) in [6.07, 6.45) is 0.851. The van der Waals surface area contributed by atoms with Gasteiger partial charge in [0.05, 0.1) is 5.41 Å². The Labute approximate surface area is 131 Å². The SMILES string of the molecule is CNC(=O)C1(C)CCN(C(c2ccc(Cl)cc2)C(C)N)C1. The van der Waals surface area contributed by atoms with E-state index in [2.05, 4.69) is 10.2 Å². The second-order valence-corrected chi connectivity index (χ2v) is 6.65. The Morgan fingerprint density at radius 3 is 2.57 bits per heavy atom. The fourth-order valence-electron chi connectivity index (χ4n) is 3.23. The summed E-state index contributed by atoms with van der Waals surface area (Å²) >= 11 is 5.96. The van der Waals surface area contributed by atoms with Gasteiger partial charge in [-0.15, -0.1) is 0 Å². The number of carbonyl (C=O) groups is 1. The zero-order chi connectivity index (χ0) is 15.6. The predicted octanol–water partition coefficient (Wildman–Crippen LogP) is 2.19. The van der Waals surface area contributed by atoms with Crippen LogP contribution in [-0.2, 0) is 4.79 Å². The molecule has 5 heteroatoms. The highest BCUT2D eigenvalue weighted by atomic mass is 35.5. The average molecular weight is 310 g/mol. The molecule has 1 aliphatic heterocycles. The van der Waals surface area contributed by atoms with Gasteiger partial charge < -0.3 is 11.1 Å². The van der Waals surface area contributed by atoms with Crippen molar-refractivity contribution in [2.75, 3.05) is 20.1 Å². The third kappa shape index (κ3) is 3.39. The topological polar surface area (TPSA) is 58.4 Å². The molecule has 1 heterocycles. The van der Waals surface area contributed by atoms with Gasteiger partial charge in [-0.1, -0.05) is 23.7 Å². The number of hydrogen-bond donors (Lipinski definition) is 2. The molecule has 3 N–H and O–H groups in total. The number of benzene rings is 1. The number of amides is 1. The highest BCUT2D eigenvalue weighted by Gasteiger charge is 2.42. The van der Waals surface area contributed by atoms with E-state index in [4.69, 9.17) is 17.3 Å². The lowest BCUT2D eigenvalue weighted by Crippen LogP contribution is -2.42. The minimum atomic E-state index is -0.339. The number of likely N-dealkylation sites (tertiary alicyclic amines) is 1. The monoisotopic (exact) mass is 309 g/mol. The zero-order valence-electron chi connectivity index (χ0n) is 12.9. The lowest BCUT2D eigenvalue weighted by atomic mass is 9.88. The molecule has 2 rings (SSSR count). The van der Waals surface area contributed by atoms with E-state index in [9.17, 15) is 4.79 Å². The first kappa shape index (κ1) is 16.3. The number of hydrogen-bond acceptors (Lipinski definition) is 3. The van der Waals surface area contributed by atoms with E-state index in [0.29, 0.717) is 0 Å². The number of halogens is 1. The highest BCUT2D eigenvalue weighted by molar-refractivity contribution is 6.30. The smallest absolute Gasteiger partial charge is 0.227 e. The second kappa shape index (κ2) is 6.34. The molecule has 3 atom stereocenters. The maximum atomic E-state index is 12.1. The van der Waals surface area contributed by atoms with Crippen molar-refractivity contribution in [3.63, 3.8) is 0 Å². The van der Waals surface area contributed by atoms with E-state index in [-0.39, 0.29) is 23.4 Å². The molecule has 0 saturated carbocycles. The molecule has 0 spiro atoms. The van der Waals surface area contributed by atoms with Crippen molar-refractivity contribution in [1.29, 1.82) is 0 Å². The van der Waals surface area contributed by atoms with E-state index >= 15 is 0 Å². The minimum absolute atomic E-state index is 0.0155. The molecule has 116 valence electrons. The second-order valence-electron chi connectivity index (χ2n) is 6.22. The Kier molecular flexibility index (Phi) is 4.91. The molecule has 3 unspecified atom stereocenters. The van der Waals surface area contributed by atoms with Crippen molar-refractivity contribution in [3.05, 3.63) is 34.9 Å². The Morgan fingerprint density at radius 1 is 1.43 bits per heavy atom. The molecular weight excluding hydrogens is 286 g/mol. The van der Waals surface area contributed by atoms with Crippen molar-refractivity contribution in [2.24, 2.45) is 11.1 Å². The highest BCUT2D eigenvalue weighted by Crippen LogP contribution is 2.36. The molecule has 0 aliphatic carbocycles. The van der Waals surface area contributed by atoms with E-state index < -0.39 is 0 Å². The van der Waals surface area contributed by atoms with Gasteiger partial charge in [0.25, 0.3) is 0 Å². The third-order valence-electron chi connectivity index (χ3n) is 4.38. The predicted molar refractivity (Wildman–Crippen MR) is 86.2 cm³/mol. The van der Waals surface area contributed by atoms with Gasteiger partial charge in [0.15, 0.2) is 0 Å². The van der Waals surface area contributed by atoms with Crippen LogP contribution in [-0.4, -0.2) is 37.0 Å². The molecule has 1 saturated heterocycles. The number of nitrogens with one attached hydrogen (secondary N) is 1. The average Bonchev–Trinajstić information content (AvgIpc) is 2.83. The first-order chi connectivity index (χ1) is 9.87. The number of nitrogens with zero attached hydrogens (tertiary/aromatic N) is 1. The molecule has 1 aromatic carbocycles. The maximum Gasteiger partial charge on any atom is 0.227 e. The molecule has 4 nitrogen and oxygen atoms in total. The van der Waals surface area contributed by atoms with Crippen LogP contribution in [0.5, 0.6) is 0 Å². The van der Waals surface area contributed by atoms with Crippen LogP contribution < -0.4 is 11.1 Å². The summed E-state index contributed by atoms with van der Waals surface area (Å²) in [5.41, 5.74) is 7.02. The van der Waals surface area contributed by atoms with Gasteiger partial charge in [-0.2, -0.15) is 0 Å². The van der Waals surface area contributed by atoms with Crippen LogP contribution in [0, 0.1) is 5.41 Å². The summed E-state index contributed by atoms with van der Waals surface area (Å²) in [4.78, 5) is 14.4. The van der Waals surface area contributed by atoms with Crippen LogP contribution in [0.25, 0.3) is 0 Å². The van der Waals surface area contributed by atoms with Gasteiger partial charge in [0, 0.05) is 30.7 Å². The van der Waals surface area contributed by atoms with Crippen LogP contribution in [0.2, 0.25) is 5.02 Å². The van der Waals surface area contributed by atoms with E-state index in [1.807, 2.05) is 38.1 Å². The van der Waals surface area contributed by atoms with Gasteiger partial charge in [-0.05, 0) is 44.5 Å².